The Morgan fingerprint density at radius 3 is 2.77 bits per heavy atom. The van der Waals surface area contributed by atoms with Crippen LogP contribution in [0, 0.1) is 6.92 Å². The van der Waals surface area contributed by atoms with Crippen molar-refractivity contribution < 1.29 is 5.11 Å². The highest BCUT2D eigenvalue weighted by molar-refractivity contribution is 5.35. The first-order valence-corrected chi connectivity index (χ1v) is 4.63. The number of benzene rings is 1. The summed E-state index contributed by atoms with van der Waals surface area (Å²) in [4.78, 5) is 0. The molecule has 0 saturated carbocycles. The van der Waals surface area contributed by atoms with Gasteiger partial charge in [0.05, 0.1) is 0 Å². The molecule has 3 N–H and O–H groups in total. The molecule has 1 aromatic rings. The summed E-state index contributed by atoms with van der Waals surface area (Å²) < 4.78 is 0. The number of aromatic hydroxyl groups is 1. The Morgan fingerprint density at radius 2 is 2.15 bits per heavy atom. The fraction of sp³-hybridized carbons (Fsp3) is 0.455. The average Bonchev–Trinajstić information content (AvgIpc) is 2.06. The number of rotatable bonds is 3. The fourth-order valence-electron chi connectivity index (χ4n) is 1.30. The Morgan fingerprint density at radius 1 is 1.46 bits per heavy atom. The third-order valence-electron chi connectivity index (χ3n) is 2.10. The van der Waals surface area contributed by atoms with Crippen molar-refractivity contribution in [2.45, 2.75) is 32.7 Å². The van der Waals surface area contributed by atoms with Crippen LogP contribution < -0.4 is 5.73 Å². The van der Waals surface area contributed by atoms with Gasteiger partial charge in [0.25, 0.3) is 0 Å². The molecule has 0 heterocycles. The Bertz CT molecular complexity index is 281. The van der Waals surface area contributed by atoms with Gasteiger partial charge in [0, 0.05) is 6.04 Å². The summed E-state index contributed by atoms with van der Waals surface area (Å²) in [7, 11) is 0. The number of nitrogens with two attached hydrogens (primary N) is 1. The van der Waals surface area contributed by atoms with Gasteiger partial charge in [0.1, 0.15) is 5.75 Å². The monoisotopic (exact) mass is 179 g/mol. The minimum Gasteiger partial charge on any atom is -0.508 e. The maximum atomic E-state index is 9.51. The molecule has 0 amide bonds. The van der Waals surface area contributed by atoms with Gasteiger partial charge in [-0.05, 0) is 38.3 Å². The van der Waals surface area contributed by atoms with Crippen LogP contribution >= 0.6 is 0 Å². The lowest BCUT2D eigenvalue weighted by molar-refractivity contribution is 0.465. The smallest absolute Gasteiger partial charge is 0.118 e. The quantitative estimate of drug-likeness (QED) is 0.745. The molecule has 0 spiro atoms. The lowest BCUT2D eigenvalue weighted by atomic mass is 10.0. The van der Waals surface area contributed by atoms with E-state index >= 15 is 0 Å². The highest BCUT2D eigenvalue weighted by Gasteiger charge is 2.02. The van der Waals surface area contributed by atoms with Crippen molar-refractivity contribution in [2.24, 2.45) is 5.73 Å². The van der Waals surface area contributed by atoms with Crippen LogP contribution in [-0.2, 0) is 6.42 Å². The van der Waals surface area contributed by atoms with E-state index in [4.69, 9.17) is 5.73 Å². The van der Waals surface area contributed by atoms with Crippen molar-refractivity contribution in [3.8, 4) is 5.75 Å². The normalized spacial score (nSPS) is 12.8. The molecule has 0 aliphatic carbocycles. The summed E-state index contributed by atoms with van der Waals surface area (Å²) in [5.41, 5.74) is 7.82. The zero-order valence-corrected chi connectivity index (χ0v) is 8.25. The van der Waals surface area contributed by atoms with Gasteiger partial charge in [-0.25, -0.2) is 0 Å². The minimum absolute atomic E-state index is 0.194. The van der Waals surface area contributed by atoms with E-state index in [1.807, 2.05) is 26.0 Å². The van der Waals surface area contributed by atoms with Crippen molar-refractivity contribution in [1.82, 2.24) is 0 Å². The van der Waals surface area contributed by atoms with Gasteiger partial charge < -0.3 is 10.8 Å². The summed E-state index contributed by atoms with van der Waals surface area (Å²) in [5, 5.41) is 9.51. The first-order valence-electron chi connectivity index (χ1n) is 4.63. The number of hydrogen-bond donors (Lipinski definition) is 2. The van der Waals surface area contributed by atoms with Crippen LogP contribution in [0.25, 0.3) is 0 Å². The van der Waals surface area contributed by atoms with Gasteiger partial charge in [-0.3, -0.25) is 0 Å². The molecule has 0 saturated heterocycles. The minimum atomic E-state index is 0.194. The second kappa shape index (κ2) is 4.28. The molecule has 0 bridgehead atoms. The molecule has 0 fully saturated rings. The third-order valence-corrected chi connectivity index (χ3v) is 2.10. The molecule has 0 aliphatic heterocycles. The summed E-state index contributed by atoms with van der Waals surface area (Å²) >= 11 is 0. The maximum absolute atomic E-state index is 9.51. The standard InChI is InChI=1S/C11H17NO/c1-8-3-6-11(13)10(7-8)5-4-9(2)12/h3,6-7,9,13H,4-5,12H2,1-2H3/t9-/m0/s1. The molecule has 1 atom stereocenters. The Balaban J connectivity index is 2.70. The largest absolute Gasteiger partial charge is 0.508 e. The van der Waals surface area contributed by atoms with Crippen molar-refractivity contribution in [3.63, 3.8) is 0 Å². The van der Waals surface area contributed by atoms with E-state index in [2.05, 4.69) is 0 Å². The van der Waals surface area contributed by atoms with E-state index in [0.717, 1.165) is 18.4 Å². The topological polar surface area (TPSA) is 46.2 Å². The summed E-state index contributed by atoms with van der Waals surface area (Å²) in [6.45, 7) is 4.00. The van der Waals surface area contributed by atoms with Gasteiger partial charge in [-0.1, -0.05) is 17.7 Å². The van der Waals surface area contributed by atoms with Gasteiger partial charge in [0.15, 0.2) is 0 Å². The maximum Gasteiger partial charge on any atom is 0.118 e. The molecule has 13 heavy (non-hydrogen) atoms. The summed E-state index contributed by atoms with van der Waals surface area (Å²) in [6.07, 6.45) is 1.77. The molecule has 72 valence electrons. The van der Waals surface area contributed by atoms with Gasteiger partial charge >= 0.3 is 0 Å². The molecule has 2 nitrogen and oxygen atoms in total. The molecule has 0 aliphatic rings. The van der Waals surface area contributed by atoms with E-state index in [1.54, 1.807) is 6.07 Å². The highest BCUT2D eigenvalue weighted by Crippen LogP contribution is 2.19. The molecule has 0 unspecified atom stereocenters. The number of phenolic OH excluding ortho intramolecular Hbond substituents is 1. The third kappa shape index (κ3) is 3.07. The molecular weight excluding hydrogens is 162 g/mol. The number of hydrogen-bond acceptors (Lipinski definition) is 2. The second-order valence-electron chi connectivity index (χ2n) is 3.65. The van der Waals surface area contributed by atoms with E-state index < -0.39 is 0 Å². The first kappa shape index (κ1) is 10.1. The molecule has 1 aromatic carbocycles. The highest BCUT2D eigenvalue weighted by atomic mass is 16.3. The first-order chi connectivity index (χ1) is 6.09. The van der Waals surface area contributed by atoms with Gasteiger partial charge in [0.2, 0.25) is 0 Å². The second-order valence-corrected chi connectivity index (χ2v) is 3.65. The van der Waals surface area contributed by atoms with Gasteiger partial charge in [-0.15, -0.1) is 0 Å². The Hall–Kier alpha value is -1.02. The SMILES string of the molecule is Cc1ccc(O)c(CC[C@H](C)N)c1. The zero-order valence-electron chi connectivity index (χ0n) is 8.25. The molecule has 0 aromatic heterocycles. The Kier molecular flexibility index (Phi) is 3.32. The van der Waals surface area contributed by atoms with Gasteiger partial charge in [-0.2, -0.15) is 0 Å². The van der Waals surface area contributed by atoms with Crippen LogP contribution in [0.15, 0.2) is 18.2 Å². The van der Waals surface area contributed by atoms with Crippen molar-refractivity contribution in [2.75, 3.05) is 0 Å². The number of aryl methyl sites for hydroxylation is 2. The average molecular weight is 179 g/mol. The fourth-order valence-corrected chi connectivity index (χ4v) is 1.30. The van der Waals surface area contributed by atoms with Crippen molar-refractivity contribution in [1.29, 1.82) is 0 Å². The lowest BCUT2D eigenvalue weighted by Gasteiger charge is -2.07. The molecule has 0 radical (unpaired) electrons. The van der Waals surface area contributed by atoms with Crippen LogP contribution in [0.5, 0.6) is 5.75 Å². The zero-order chi connectivity index (χ0) is 9.84. The van der Waals surface area contributed by atoms with E-state index in [-0.39, 0.29) is 6.04 Å². The van der Waals surface area contributed by atoms with Crippen LogP contribution in [0.2, 0.25) is 0 Å². The van der Waals surface area contributed by atoms with Crippen molar-refractivity contribution >= 4 is 0 Å². The van der Waals surface area contributed by atoms with E-state index in [0.29, 0.717) is 5.75 Å². The molecule has 2 heteroatoms. The van der Waals surface area contributed by atoms with Crippen LogP contribution in [0.3, 0.4) is 0 Å². The lowest BCUT2D eigenvalue weighted by Crippen LogP contribution is -2.15. The summed E-state index contributed by atoms with van der Waals surface area (Å²) in [6, 6.07) is 5.86. The molecule has 1 rings (SSSR count). The van der Waals surface area contributed by atoms with Crippen molar-refractivity contribution in [3.05, 3.63) is 29.3 Å². The van der Waals surface area contributed by atoms with E-state index in [1.165, 1.54) is 5.56 Å². The van der Waals surface area contributed by atoms with E-state index in [9.17, 15) is 5.11 Å². The predicted molar refractivity (Wildman–Crippen MR) is 54.8 cm³/mol. The van der Waals surface area contributed by atoms with Crippen LogP contribution in [0.4, 0.5) is 0 Å². The predicted octanol–water partition coefficient (Wildman–Crippen LogP) is 1.98. The molecular formula is C11H17NO. The Labute approximate surface area is 79.4 Å². The number of phenols is 1. The van der Waals surface area contributed by atoms with Crippen LogP contribution in [0.1, 0.15) is 24.5 Å². The van der Waals surface area contributed by atoms with Crippen LogP contribution in [-0.4, -0.2) is 11.1 Å². The summed E-state index contributed by atoms with van der Waals surface area (Å²) in [5.74, 6) is 0.381.